The summed E-state index contributed by atoms with van der Waals surface area (Å²) in [7, 11) is 1.41. The Morgan fingerprint density at radius 3 is 2.86 bits per heavy atom. The Labute approximate surface area is 129 Å². The van der Waals surface area contributed by atoms with Crippen LogP contribution in [0.3, 0.4) is 0 Å². The van der Waals surface area contributed by atoms with E-state index in [2.05, 4.69) is 24.1 Å². The van der Waals surface area contributed by atoms with E-state index in [-0.39, 0.29) is 12.0 Å². The van der Waals surface area contributed by atoms with E-state index < -0.39 is 0 Å². The number of hydrogen-bond donors (Lipinski definition) is 1. The van der Waals surface area contributed by atoms with Gasteiger partial charge in [-0.3, -0.25) is 10.1 Å². The highest BCUT2D eigenvalue weighted by atomic mass is 35.5. The monoisotopic (exact) mass is 309 g/mol. The second-order valence-corrected chi connectivity index (χ2v) is 5.87. The molecule has 0 saturated heterocycles. The lowest BCUT2D eigenvalue weighted by Crippen LogP contribution is -2.38. The number of methoxy groups -OCH3 is 1. The third-order valence-corrected chi connectivity index (χ3v) is 3.41. The molecule has 5 nitrogen and oxygen atoms in total. The molecule has 1 atom stereocenters. The molecule has 2 rings (SSSR count). The van der Waals surface area contributed by atoms with Gasteiger partial charge in [-0.15, -0.1) is 0 Å². The van der Waals surface area contributed by atoms with Gasteiger partial charge in [-0.1, -0.05) is 25.4 Å². The van der Waals surface area contributed by atoms with Crippen LogP contribution in [0, 0.1) is 5.92 Å². The van der Waals surface area contributed by atoms with Crippen LogP contribution in [0.25, 0.3) is 5.65 Å². The summed E-state index contributed by atoms with van der Waals surface area (Å²) >= 11 is 5.95. The summed E-state index contributed by atoms with van der Waals surface area (Å²) in [5.74, 6) is 0.164. The van der Waals surface area contributed by atoms with Crippen LogP contribution in [0.5, 0.6) is 0 Å². The Morgan fingerprint density at radius 1 is 1.43 bits per heavy atom. The number of aromatic nitrogens is 2. The quantitative estimate of drug-likeness (QED) is 0.834. The molecule has 0 amide bonds. The van der Waals surface area contributed by atoms with Gasteiger partial charge in [0.2, 0.25) is 0 Å². The van der Waals surface area contributed by atoms with Gasteiger partial charge in [0.05, 0.1) is 17.8 Å². The maximum Gasteiger partial charge on any atom is 0.322 e. The zero-order valence-electron chi connectivity index (χ0n) is 12.5. The van der Waals surface area contributed by atoms with E-state index in [4.69, 9.17) is 16.3 Å². The van der Waals surface area contributed by atoms with Crippen LogP contribution in [0.2, 0.25) is 5.02 Å². The summed E-state index contributed by atoms with van der Waals surface area (Å²) in [5.41, 5.74) is 1.68. The highest BCUT2D eigenvalue weighted by Crippen LogP contribution is 2.12. The summed E-state index contributed by atoms with van der Waals surface area (Å²) in [5, 5.41) is 3.87. The Hall–Kier alpha value is -1.59. The van der Waals surface area contributed by atoms with Crippen molar-refractivity contribution in [3.63, 3.8) is 0 Å². The Morgan fingerprint density at radius 2 is 2.19 bits per heavy atom. The first kappa shape index (κ1) is 15.8. The Kier molecular flexibility index (Phi) is 5.20. The van der Waals surface area contributed by atoms with E-state index in [0.29, 0.717) is 17.5 Å². The number of fused-ring (bicyclic) bond motifs is 1. The van der Waals surface area contributed by atoms with E-state index in [0.717, 1.165) is 17.8 Å². The smallest absolute Gasteiger partial charge is 0.322 e. The van der Waals surface area contributed by atoms with Crippen LogP contribution in [0.1, 0.15) is 26.0 Å². The van der Waals surface area contributed by atoms with E-state index in [1.165, 1.54) is 7.11 Å². The average Bonchev–Trinajstić information content (AvgIpc) is 2.84. The predicted molar refractivity (Wildman–Crippen MR) is 82.3 cm³/mol. The zero-order valence-corrected chi connectivity index (χ0v) is 13.2. The molecular weight excluding hydrogens is 290 g/mol. The van der Waals surface area contributed by atoms with Crippen molar-refractivity contribution in [2.24, 2.45) is 5.92 Å². The number of rotatable bonds is 6. The highest BCUT2D eigenvalue weighted by molar-refractivity contribution is 6.30. The molecule has 0 radical (unpaired) electrons. The van der Waals surface area contributed by atoms with Crippen molar-refractivity contribution in [2.45, 2.75) is 32.9 Å². The molecule has 114 valence electrons. The third kappa shape index (κ3) is 4.19. The SMILES string of the molecule is COC(=O)C(CC(C)C)NCc1cn2cc(Cl)ccc2n1. The molecule has 0 bridgehead atoms. The highest BCUT2D eigenvalue weighted by Gasteiger charge is 2.20. The lowest BCUT2D eigenvalue weighted by molar-refractivity contribution is -0.143. The van der Waals surface area contributed by atoms with Gasteiger partial charge < -0.3 is 9.14 Å². The van der Waals surface area contributed by atoms with Crippen LogP contribution in [0.15, 0.2) is 24.5 Å². The van der Waals surface area contributed by atoms with Crippen molar-refractivity contribution in [2.75, 3.05) is 7.11 Å². The van der Waals surface area contributed by atoms with Crippen molar-refractivity contribution >= 4 is 23.2 Å². The number of pyridine rings is 1. The number of halogens is 1. The largest absolute Gasteiger partial charge is 0.468 e. The second-order valence-electron chi connectivity index (χ2n) is 5.43. The number of hydrogen-bond acceptors (Lipinski definition) is 4. The molecule has 2 aromatic rings. The Balaban J connectivity index is 2.06. The Bertz CT molecular complexity index is 624. The molecule has 0 fully saturated rings. The molecule has 0 aromatic carbocycles. The maximum absolute atomic E-state index is 11.8. The molecular formula is C15H20ClN3O2. The number of imidazole rings is 1. The topological polar surface area (TPSA) is 55.6 Å². The molecule has 0 spiro atoms. The first-order valence-electron chi connectivity index (χ1n) is 6.94. The van der Waals surface area contributed by atoms with E-state index in [1.807, 2.05) is 16.7 Å². The molecule has 0 aliphatic rings. The third-order valence-electron chi connectivity index (χ3n) is 3.19. The number of carbonyl (C=O) groups is 1. The van der Waals surface area contributed by atoms with Gasteiger partial charge in [-0.25, -0.2) is 4.98 Å². The van der Waals surface area contributed by atoms with Crippen molar-refractivity contribution in [3.8, 4) is 0 Å². The minimum atomic E-state index is -0.316. The molecule has 1 N–H and O–H groups in total. The van der Waals surface area contributed by atoms with Gasteiger partial charge >= 0.3 is 5.97 Å². The van der Waals surface area contributed by atoms with Gasteiger partial charge in [0.15, 0.2) is 0 Å². The molecule has 0 aliphatic heterocycles. The molecule has 21 heavy (non-hydrogen) atoms. The van der Waals surface area contributed by atoms with Crippen LogP contribution < -0.4 is 5.32 Å². The van der Waals surface area contributed by atoms with Gasteiger partial charge in [0, 0.05) is 18.9 Å². The minimum absolute atomic E-state index is 0.240. The number of carbonyl (C=O) groups excluding carboxylic acids is 1. The number of ether oxygens (including phenoxy) is 1. The summed E-state index contributed by atoms with van der Waals surface area (Å²) in [6.45, 7) is 4.65. The van der Waals surface area contributed by atoms with Gasteiger partial charge in [0.25, 0.3) is 0 Å². The summed E-state index contributed by atoms with van der Waals surface area (Å²) in [6, 6.07) is 3.35. The fourth-order valence-electron chi connectivity index (χ4n) is 2.21. The van der Waals surface area contributed by atoms with Gasteiger partial charge in [0.1, 0.15) is 11.7 Å². The number of esters is 1. The van der Waals surface area contributed by atoms with Gasteiger partial charge in [-0.05, 0) is 24.5 Å². The fourth-order valence-corrected chi connectivity index (χ4v) is 2.37. The lowest BCUT2D eigenvalue weighted by atomic mass is 10.0. The standard InChI is InChI=1S/C15H20ClN3O2/c1-10(2)6-13(15(20)21-3)17-7-12-9-19-8-11(16)4-5-14(19)18-12/h4-5,8-10,13,17H,6-7H2,1-3H3. The molecule has 0 aliphatic carbocycles. The number of nitrogens with zero attached hydrogens (tertiary/aromatic N) is 2. The van der Waals surface area contributed by atoms with Crippen LogP contribution in [-0.2, 0) is 16.1 Å². The normalized spacial score (nSPS) is 12.8. The van der Waals surface area contributed by atoms with Crippen LogP contribution in [-0.4, -0.2) is 28.5 Å². The maximum atomic E-state index is 11.8. The summed E-state index contributed by atoms with van der Waals surface area (Å²) < 4.78 is 6.70. The fraction of sp³-hybridized carbons (Fsp3) is 0.467. The zero-order chi connectivity index (χ0) is 15.4. The van der Waals surface area contributed by atoms with Crippen LogP contribution in [0.4, 0.5) is 0 Å². The van der Waals surface area contributed by atoms with Crippen molar-refractivity contribution in [3.05, 3.63) is 35.2 Å². The molecule has 2 heterocycles. The minimum Gasteiger partial charge on any atom is -0.468 e. The van der Waals surface area contributed by atoms with Crippen LogP contribution >= 0.6 is 11.6 Å². The van der Waals surface area contributed by atoms with E-state index >= 15 is 0 Å². The molecule has 2 aromatic heterocycles. The first-order valence-corrected chi connectivity index (χ1v) is 7.31. The second kappa shape index (κ2) is 6.91. The van der Waals surface area contributed by atoms with E-state index in [1.54, 1.807) is 12.3 Å². The average molecular weight is 310 g/mol. The molecule has 0 saturated carbocycles. The first-order chi connectivity index (χ1) is 9.99. The van der Waals surface area contributed by atoms with E-state index in [9.17, 15) is 4.79 Å². The van der Waals surface area contributed by atoms with Crippen molar-refractivity contribution in [1.29, 1.82) is 0 Å². The molecule has 1 unspecified atom stereocenters. The van der Waals surface area contributed by atoms with Crippen molar-refractivity contribution < 1.29 is 9.53 Å². The number of nitrogens with one attached hydrogen (secondary N) is 1. The summed E-state index contributed by atoms with van der Waals surface area (Å²) in [4.78, 5) is 16.2. The predicted octanol–water partition coefficient (Wildman–Crippen LogP) is 2.67. The lowest BCUT2D eigenvalue weighted by Gasteiger charge is -2.17. The van der Waals surface area contributed by atoms with Crippen molar-refractivity contribution in [1.82, 2.24) is 14.7 Å². The summed E-state index contributed by atoms with van der Waals surface area (Å²) in [6.07, 6.45) is 4.43. The molecule has 6 heteroatoms. The van der Waals surface area contributed by atoms with Gasteiger partial charge in [-0.2, -0.15) is 0 Å².